The number of methoxy groups -OCH3 is 1. The van der Waals surface area contributed by atoms with Crippen molar-refractivity contribution in [3.05, 3.63) is 53.6 Å². The molecule has 1 N–H and O–H groups in total. The van der Waals surface area contributed by atoms with Crippen molar-refractivity contribution in [2.75, 3.05) is 56.2 Å². The first-order chi connectivity index (χ1) is 15.5. The Bertz CT molecular complexity index is 920. The lowest BCUT2D eigenvalue weighted by atomic mass is 9.96. The standard InChI is InChI=1S/C26H35N3O3/c1-19(2)26(31)29-12-4-5-20-17-21(6-11-24(20)29)25(30)18-27-13-15-28(16-14-27)22-7-9-23(32-3)10-8-22/h6-11,17,19,25,30H,4-5,12-16,18H2,1-3H3/t25-/m0/s1. The Morgan fingerprint density at radius 1 is 1.03 bits per heavy atom. The smallest absolute Gasteiger partial charge is 0.229 e. The second kappa shape index (κ2) is 9.92. The maximum Gasteiger partial charge on any atom is 0.229 e. The van der Waals surface area contributed by atoms with Crippen LogP contribution in [0.5, 0.6) is 5.75 Å². The Balaban J connectivity index is 1.35. The highest BCUT2D eigenvalue weighted by Gasteiger charge is 2.26. The van der Waals surface area contributed by atoms with Gasteiger partial charge in [0.2, 0.25) is 5.91 Å². The molecule has 6 nitrogen and oxygen atoms in total. The quantitative estimate of drug-likeness (QED) is 0.750. The average molecular weight is 438 g/mol. The number of fused-ring (bicyclic) bond motifs is 1. The number of amides is 1. The summed E-state index contributed by atoms with van der Waals surface area (Å²) in [5, 5.41) is 10.9. The van der Waals surface area contributed by atoms with Gasteiger partial charge in [-0.1, -0.05) is 26.0 Å². The summed E-state index contributed by atoms with van der Waals surface area (Å²) in [5.74, 6) is 1.04. The Hall–Kier alpha value is -2.57. The molecule has 32 heavy (non-hydrogen) atoms. The Labute approximate surface area is 191 Å². The SMILES string of the molecule is COc1ccc(N2CCN(C[C@H](O)c3ccc4c(c3)CCCN4C(=O)C(C)C)CC2)cc1. The maximum absolute atomic E-state index is 12.6. The number of ether oxygens (including phenoxy) is 1. The van der Waals surface area contributed by atoms with Gasteiger partial charge in [-0.15, -0.1) is 0 Å². The molecular formula is C26H35N3O3. The molecule has 2 aliphatic rings. The van der Waals surface area contributed by atoms with Crippen LogP contribution in [0.2, 0.25) is 0 Å². The van der Waals surface area contributed by atoms with Gasteiger partial charge in [0, 0.05) is 56.6 Å². The van der Waals surface area contributed by atoms with Crippen molar-refractivity contribution in [1.82, 2.24) is 4.90 Å². The molecule has 0 aliphatic carbocycles. The number of nitrogens with zero attached hydrogens (tertiary/aromatic N) is 3. The summed E-state index contributed by atoms with van der Waals surface area (Å²) in [6.45, 7) is 9.03. The zero-order valence-corrected chi connectivity index (χ0v) is 19.5. The van der Waals surface area contributed by atoms with Gasteiger partial charge in [-0.2, -0.15) is 0 Å². The number of piperazine rings is 1. The molecule has 1 saturated heterocycles. The number of aryl methyl sites for hydroxylation is 1. The third-order valence-corrected chi connectivity index (χ3v) is 6.61. The van der Waals surface area contributed by atoms with Crippen LogP contribution in [0, 0.1) is 5.92 Å². The summed E-state index contributed by atoms with van der Waals surface area (Å²) >= 11 is 0. The van der Waals surface area contributed by atoms with Crippen LogP contribution in [0.3, 0.4) is 0 Å². The van der Waals surface area contributed by atoms with Gasteiger partial charge in [0.15, 0.2) is 0 Å². The number of carbonyl (C=O) groups is 1. The van der Waals surface area contributed by atoms with E-state index in [2.05, 4.69) is 28.0 Å². The van der Waals surface area contributed by atoms with Crippen LogP contribution in [0.25, 0.3) is 0 Å². The van der Waals surface area contributed by atoms with Gasteiger partial charge in [-0.05, 0) is 54.3 Å². The molecule has 1 fully saturated rings. The molecule has 4 rings (SSSR count). The van der Waals surface area contributed by atoms with Crippen LogP contribution in [0.1, 0.15) is 37.5 Å². The largest absolute Gasteiger partial charge is 0.497 e. The first kappa shape index (κ1) is 22.6. The van der Waals surface area contributed by atoms with Gasteiger partial charge in [0.25, 0.3) is 0 Å². The van der Waals surface area contributed by atoms with E-state index in [4.69, 9.17) is 4.74 Å². The molecule has 0 bridgehead atoms. The second-order valence-electron chi connectivity index (χ2n) is 9.14. The highest BCUT2D eigenvalue weighted by Crippen LogP contribution is 2.31. The minimum absolute atomic E-state index is 0.0113. The molecule has 1 amide bonds. The number of β-amino-alcohol motifs (C(OH)–C–C–N with tert-alkyl or cyclic N) is 1. The number of hydrogen-bond acceptors (Lipinski definition) is 5. The molecule has 1 atom stereocenters. The molecule has 2 heterocycles. The van der Waals surface area contributed by atoms with Crippen molar-refractivity contribution >= 4 is 17.3 Å². The second-order valence-corrected chi connectivity index (χ2v) is 9.14. The summed E-state index contributed by atoms with van der Waals surface area (Å²) in [6.07, 6.45) is 1.40. The third-order valence-electron chi connectivity index (χ3n) is 6.61. The van der Waals surface area contributed by atoms with E-state index in [0.717, 1.165) is 62.6 Å². The summed E-state index contributed by atoms with van der Waals surface area (Å²) in [6, 6.07) is 14.3. The molecule has 172 valence electrons. The monoisotopic (exact) mass is 437 g/mol. The van der Waals surface area contributed by atoms with Crippen LogP contribution in [0.4, 0.5) is 11.4 Å². The van der Waals surface area contributed by atoms with E-state index in [1.54, 1.807) is 7.11 Å². The van der Waals surface area contributed by atoms with Crippen LogP contribution in [-0.4, -0.2) is 62.3 Å². The van der Waals surface area contributed by atoms with E-state index in [1.165, 1.54) is 11.3 Å². The van der Waals surface area contributed by atoms with Crippen LogP contribution < -0.4 is 14.5 Å². The Morgan fingerprint density at radius 2 is 1.75 bits per heavy atom. The predicted octanol–water partition coefficient (Wildman–Crippen LogP) is 3.49. The molecule has 0 saturated carbocycles. The summed E-state index contributed by atoms with van der Waals surface area (Å²) in [4.78, 5) is 19.2. The third kappa shape index (κ3) is 4.92. The number of aliphatic hydroxyl groups excluding tert-OH is 1. The summed E-state index contributed by atoms with van der Waals surface area (Å²) in [5.41, 5.74) is 4.34. The molecule has 2 aliphatic heterocycles. The maximum atomic E-state index is 12.6. The van der Waals surface area contributed by atoms with Crippen molar-refractivity contribution in [1.29, 1.82) is 0 Å². The van der Waals surface area contributed by atoms with Gasteiger partial charge in [0.1, 0.15) is 5.75 Å². The van der Waals surface area contributed by atoms with E-state index >= 15 is 0 Å². The number of anilines is 2. The summed E-state index contributed by atoms with van der Waals surface area (Å²) in [7, 11) is 1.68. The van der Waals surface area contributed by atoms with Crippen molar-refractivity contribution in [3.8, 4) is 5.75 Å². The minimum Gasteiger partial charge on any atom is -0.497 e. The van der Waals surface area contributed by atoms with Gasteiger partial charge in [0.05, 0.1) is 13.2 Å². The number of benzene rings is 2. The van der Waals surface area contributed by atoms with E-state index in [0.29, 0.717) is 6.54 Å². The number of carbonyl (C=O) groups excluding carboxylic acids is 1. The van der Waals surface area contributed by atoms with Gasteiger partial charge < -0.3 is 19.6 Å². The van der Waals surface area contributed by atoms with E-state index < -0.39 is 6.10 Å². The lowest BCUT2D eigenvalue weighted by Crippen LogP contribution is -2.47. The molecule has 0 radical (unpaired) electrons. The number of aliphatic hydroxyl groups is 1. The van der Waals surface area contributed by atoms with Gasteiger partial charge in [-0.25, -0.2) is 0 Å². The molecule has 6 heteroatoms. The van der Waals surface area contributed by atoms with Crippen molar-refractivity contribution in [2.45, 2.75) is 32.8 Å². The zero-order chi connectivity index (χ0) is 22.7. The fourth-order valence-electron chi connectivity index (χ4n) is 4.70. The highest BCUT2D eigenvalue weighted by molar-refractivity contribution is 5.95. The molecule has 2 aromatic carbocycles. The van der Waals surface area contributed by atoms with Crippen LogP contribution in [0.15, 0.2) is 42.5 Å². The Kier molecular flexibility index (Phi) is 7.01. The normalized spacial score (nSPS) is 17.9. The molecule has 0 aromatic heterocycles. The van der Waals surface area contributed by atoms with Gasteiger partial charge in [-0.3, -0.25) is 9.69 Å². The van der Waals surface area contributed by atoms with E-state index in [-0.39, 0.29) is 11.8 Å². The van der Waals surface area contributed by atoms with Crippen LogP contribution >= 0.6 is 0 Å². The summed E-state index contributed by atoms with van der Waals surface area (Å²) < 4.78 is 5.25. The fourth-order valence-corrected chi connectivity index (χ4v) is 4.70. The minimum atomic E-state index is -0.524. The van der Waals surface area contributed by atoms with Crippen LogP contribution in [-0.2, 0) is 11.2 Å². The van der Waals surface area contributed by atoms with E-state index in [1.807, 2.05) is 43.0 Å². The fraction of sp³-hybridized carbons (Fsp3) is 0.500. The number of hydrogen-bond donors (Lipinski definition) is 1. The van der Waals surface area contributed by atoms with Gasteiger partial charge >= 0.3 is 0 Å². The lowest BCUT2D eigenvalue weighted by Gasteiger charge is -2.37. The average Bonchev–Trinajstić information content (AvgIpc) is 2.83. The van der Waals surface area contributed by atoms with Crippen molar-refractivity contribution in [2.24, 2.45) is 5.92 Å². The topological polar surface area (TPSA) is 56.2 Å². The highest BCUT2D eigenvalue weighted by atomic mass is 16.5. The predicted molar refractivity (Wildman–Crippen MR) is 129 cm³/mol. The first-order valence-electron chi connectivity index (χ1n) is 11.7. The zero-order valence-electron chi connectivity index (χ0n) is 19.5. The van der Waals surface area contributed by atoms with Crippen molar-refractivity contribution < 1.29 is 14.6 Å². The molecular weight excluding hydrogens is 402 g/mol. The van der Waals surface area contributed by atoms with Crippen molar-refractivity contribution in [3.63, 3.8) is 0 Å². The molecule has 0 unspecified atom stereocenters. The Morgan fingerprint density at radius 3 is 2.41 bits per heavy atom. The first-order valence-corrected chi connectivity index (χ1v) is 11.7. The lowest BCUT2D eigenvalue weighted by molar-refractivity contribution is -0.121. The number of rotatable bonds is 6. The molecule has 2 aromatic rings. The molecule has 0 spiro atoms. The van der Waals surface area contributed by atoms with E-state index in [9.17, 15) is 9.90 Å².